The first-order valence-electron chi connectivity index (χ1n) is 10.2. The lowest BCUT2D eigenvalue weighted by Gasteiger charge is -2.16. The Morgan fingerprint density at radius 2 is 1.85 bits per heavy atom. The number of nitriles is 1. The summed E-state index contributed by atoms with van der Waals surface area (Å²) in [6.07, 6.45) is 1.14. The van der Waals surface area contributed by atoms with Gasteiger partial charge in [-0.1, -0.05) is 29.8 Å². The molecule has 0 bridgehead atoms. The van der Waals surface area contributed by atoms with Gasteiger partial charge >= 0.3 is 0 Å². The van der Waals surface area contributed by atoms with Crippen LogP contribution in [0.3, 0.4) is 0 Å². The molecule has 0 spiro atoms. The number of benzene rings is 3. The Morgan fingerprint density at radius 1 is 1.06 bits per heavy atom. The van der Waals surface area contributed by atoms with Crippen LogP contribution < -0.4 is 15.4 Å². The molecule has 7 nitrogen and oxygen atoms in total. The van der Waals surface area contributed by atoms with Gasteiger partial charge in [-0.15, -0.1) is 0 Å². The fraction of sp³-hybridized carbons (Fsp3) is 0.200. The molecule has 1 amide bonds. The maximum absolute atomic E-state index is 12.6. The molecule has 0 aliphatic heterocycles. The first-order valence-corrected chi connectivity index (χ1v) is 12.3. The minimum absolute atomic E-state index is 0.251. The third kappa shape index (κ3) is 6.82. The fourth-order valence-electron chi connectivity index (χ4n) is 3.12. The van der Waals surface area contributed by atoms with E-state index < -0.39 is 9.84 Å². The van der Waals surface area contributed by atoms with Gasteiger partial charge in [-0.2, -0.15) is 5.26 Å². The van der Waals surface area contributed by atoms with Crippen LogP contribution in [0.25, 0.3) is 0 Å². The summed E-state index contributed by atoms with van der Waals surface area (Å²) >= 11 is 0. The summed E-state index contributed by atoms with van der Waals surface area (Å²) in [6, 6.07) is 19.4. The number of aryl methyl sites for hydroxylation is 2. The number of hydrogen-bond donors (Lipinski definition) is 2. The van der Waals surface area contributed by atoms with E-state index in [1.54, 1.807) is 36.4 Å². The van der Waals surface area contributed by atoms with Gasteiger partial charge in [0.1, 0.15) is 18.2 Å². The van der Waals surface area contributed by atoms with Gasteiger partial charge in [0.05, 0.1) is 17.3 Å². The van der Waals surface area contributed by atoms with E-state index in [0.29, 0.717) is 28.3 Å². The van der Waals surface area contributed by atoms with Crippen LogP contribution in [0.1, 0.15) is 32.6 Å². The highest BCUT2D eigenvalue weighted by Gasteiger charge is 2.12. The molecule has 3 aromatic rings. The minimum atomic E-state index is -3.25. The molecule has 0 fully saturated rings. The fourth-order valence-corrected chi connectivity index (χ4v) is 3.54. The number of nitrogens with one attached hydrogen (secondary N) is 2. The monoisotopic (exact) mass is 463 g/mol. The van der Waals surface area contributed by atoms with Crippen molar-refractivity contribution in [3.05, 3.63) is 88.5 Å². The maximum Gasteiger partial charge on any atom is 0.255 e. The van der Waals surface area contributed by atoms with Gasteiger partial charge in [-0.25, -0.2) is 8.42 Å². The van der Waals surface area contributed by atoms with Crippen molar-refractivity contribution in [2.75, 3.05) is 22.8 Å². The molecule has 0 aliphatic carbocycles. The number of anilines is 2. The van der Waals surface area contributed by atoms with E-state index in [0.717, 1.165) is 22.9 Å². The zero-order valence-electron chi connectivity index (χ0n) is 18.7. The third-order valence-corrected chi connectivity index (χ3v) is 5.57. The minimum Gasteiger partial charge on any atom is -0.487 e. The normalized spacial score (nSPS) is 10.8. The highest BCUT2D eigenvalue weighted by Crippen LogP contribution is 2.30. The van der Waals surface area contributed by atoms with Crippen LogP contribution in [0.2, 0.25) is 0 Å². The Kier molecular flexibility index (Phi) is 7.36. The van der Waals surface area contributed by atoms with E-state index >= 15 is 0 Å². The van der Waals surface area contributed by atoms with E-state index in [1.165, 1.54) is 6.07 Å². The zero-order chi connectivity index (χ0) is 24.0. The molecule has 170 valence electrons. The lowest BCUT2D eigenvalue weighted by atomic mass is 10.1. The van der Waals surface area contributed by atoms with Crippen LogP contribution in [-0.2, 0) is 16.4 Å². The second-order valence-corrected chi connectivity index (χ2v) is 9.96. The average molecular weight is 464 g/mol. The van der Waals surface area contributed by atoms with Crippen molar-refractivity contribution in [3.63, 3.8) is 0 Å². The van der Waals surface area contributed by atoms with Crippen molar-refractivity contribution in [3.8, 4) is 11.8 Å². The van der Waals surface area contributed by atoms with Crippen LogP contribution in [-0.4, -0.2) is 26.5 Å². The van der Waals surface area contributed by atoms with Gasteiger partial charge in [0.25, 0.3) is 5.91 Å². The summed E-state index contributed by atoms with van der Waals surface area (Å²) in [5.74, 6) is -0.216. The number of hydrogen-bond acceptors (Lipinski definition) is 6. The molecule has 33 heavy (non-hydrogen) atoms. The molecule has 0 aliphatic rings. The lowest BCUT2D eigenvalue weighted by molar-refractivity contribution is 0.102. The van der Waals surface area contributed by atoms with Crippen molar-refractivity contribution in [1.82, 2.24) is 0 Å². The average Bonchev–Trinajstić information content (AvgIpc) is 2.78. The van der Waals surface area contributed by atoms with Crippen molar-refractivity contribution < 1.29 is 17.9 Å². The maximum atomic E-state index is 12.6. The van der Waals surface area contributed by atoms with Gasteiger partial charge in [0.2, 0.25) is 0 Å². The lowest BCUT2D eigenvalue weighted by Crippen LogP contribution is -2.14. The number of amides is 1. The number of carbonyl (C=O) groups is 1. The Morgan fingerprint density at radius 3 is 2.58 bits per heavy atom. The van der Waals surface area contributed by atoms with E-state index in [1.807, 2.05) is 38.1 Å². The molecule has 3 aromatic carbocycles. The Labute approximate surface area is 193 Å². The van der Waals surface area contributed by atoms with Gasteiger partial charge in [-0.3, -0.25) is 4.79 Å². The Bertz CT molecular complexity index is 1330. The van der Waals surface area contributed by atoms with Crippen molar-refractivity contribution >= 4 is 27.1 Å². The van der Waals surface area contributed by atoms with Gasteiger partial charge in [-0.05, 0) is 55.3 Å². The first kappa shape index (κ1) is 23.8. The summed E-state index contributed by atoms with van der Waals surface area (Å²) < 4.78 is 29.3. The summed E-state index contributed by atoms with van der Waals surface area (Å²) in [7, 11) is -3.25. The number of sulfone groups is 1. The molecule has 0 unspecified atom stereocenters. The molecule has 8 heteroatoms. The Hall–Kier alpha value is -3.83. The smallest absolute Gasteiger partial charge is 0.255 e. The van der Waals surface area contributed by atoms with Crippen LogP contribution in [0.4, 0.5) is 11.4 Å². The number of ether oxygens (including phenoxy) is 1. The zero-order valence-corrected chi connectivity index (χ0v) is 19.5. The van der Waals surface area contributed by atoms with Crippen LogP contribution in [0.5, 0.6) is 5.75 Å². The molecule has 0 saturated heterocycles. The number of carbonyl (C=O) groups excluding carboxylic acids is 1. The molecule has 0 heterocycles. The van der Waals surface area contributed by atoms with E-state index in [2.05, 4.69) is 10.6 Å². The summed E-state index contributed by atoms with van der Waals surface area (Å²) in [4.78, 5) is 12.6. The molecule has 0 radical (unpaired) electrons. The van der Waals surface area contributed by atoms with E-state index in [-0.39, 0.29) is 18.4 Å². The van der Waals surface area contributed by atoms with Crippen molar-refractivity contribution in [2.24, 2.45) is 0 Å². The second kappa shape index (κ2) is 10.2. The number of nitrogens with zero attached hydrogens (tertiary/aromatic N) is 1. The predicted molar refractivity (Wildman–Crippen MR) is 129 cm³/mol. The molecule has 3 rings (SSSR count). The highest BCUT2D eigenvalue weighted by atomic mass is 32.2. The summed E-state index contributed by atoms with van der Waals surface area (Å²) in [6.45, 7) is 4.27. The van der Waals surface area contributed by atoms with Gasteiger partial charge in [0, 0.05) is 23.6 Å². The van der Waals surface area contributed by atoms with Gasteiger partial charge < -0.3 is 15.4 Å². The van der Waals surface area contributed by atoms with Crippen LogP contribution in [0, 0.1) is 25.2 Å². The van der Waals surface area contributed by atoms with Crippen LogP contribution in [0.15, 0.2) is 60.7 Å². The van der Waals surface area contributed by atoms with E-state index in [9.17, 15) is 13.2 Å². The van der Waals surface area contributed by atoms with Crippen molar-refractivity contribution in [2.45, 2.75) is 20.5 Å². The molecule has 2 N–H and O–H groups in total. The summed E-state index contributed by atoms with van der Waals surface area (Å²) in [5.41, 5.74) is 4.90. The molecule has 0 saturated carbocycles. The van der Waals surface area contributed by atoms with Gasteiger partial charge in [0.15, 0.2) is 9.84 Å². The van der Waals surface area contributed by atoms with Crippen LogP contribution >= 0.6 is 0 Å². The third-order valence-electron chi connectivity index (χ3n) is 4.91. The molecule has 0 aromatic heterocycles. The quantitative estimate of drug-likeness (QED) is 0.512. The van der Waals surface area contributed by atoms with E-state index in [4.69, 9.17) is 10.00 Å². The second-order valence-electron chi connectivity index (χ2n) is 7.82. The predicted octanol–water partition coefficient (Wildman–Crippen LogP) is 4.42. The topological polar surface area (TPSA) is 108 Å². The largest absolute Gasteiger partial charge is 0.487 e. The molecule has 0 atom stereocenters. The number of rotatable bonds is 8. The standard InChI is InChI=1S/C25H25N3O4S/c1-17-7-8-18(2)21(11-17)15-32-24-13-22(9-10-23(24)27-16-33(3,30)31)28-25(29)20-6-4-5-19(12-20)14-26/h4-13,27H,15-16H2,1-3H3,(H,28,29). The molecular weight excluding hydrogens is 438 g/mol. The first-order chi connectivity index (χ1) is 15.6. The molecular formula is C25H25N3O4S. The SMILES string of the molecule is Cc1ccc(C)c(COc2cc(NC(=O)c3cccc(C#N)c3)ccc2NCS(C)(=O)=O)c1. The summed E-state index contributed by atoms with van der Waals surface area (Å²) in [5, 5.41) is 14.7. The Balaban J connectivity index is 1.85. The highest BCUT2D eigenvalue weighted by molar-refractivity contribution is 7.90. The van der Waals surface area contributed by atoms with Crippen molar-refractivity contribution in [1.29, 1.82) is 5.26 Å².